The van der Waals surface area contributed by atoms with Gasteiger partial charge in [-0.05, 0) is 36.1 Å². The maximum Gasteiger partial charge on any atom is 0.329 e. The Morgan fingerprint density at radius 2 is 1.25 bits per heavy atom. The lowest BCUT2D eigenvalue weighted by atomic mass is 9.80. The van der Waals surface area contributed by atoms with Gasteiger partial charge in [-0.15, -0.1) is 5.10 Å². The quantitative estimate of drug-likeness (QED) is 0.104. The van der Waals surface area contributed by atoms with Crippen molar-refractivity contribution in [2.45, 2.75) is 95.3 Å². The fourth-order valence-electron chi connectivity index (χ4n) is 7.55. The van der Waals surface area contributed by atoms with Gasteiger partial charge in [0, 0.05) is 13.3 Å². The molecule has 2 N–H and O–H groups in total. The molecule has 1 aromatic heterocycles. The number of carboxylic acids is 1. The van der Waals surface area contributed by atoms with Crippen LogP contribution in [0.2, 0.25) is 0 Å². The average Bonchev–Trinajstić information content (AvgIpc) is 3.72. The molecule has 0 radical (unpaired) electrons. The molecule has 0 bridgehead atoms. The molecular weight excluding hydrogens is 767 g/mol. The minimum atomic E-state index is -1.48. The van der Waals surface area contributed by atoms with Crippen molar-refractivity contribution >= 4 is 17.8 Å². The van der Waals surface area contributed by atoms with Gasteiger partial charge in [-0.1, -0.05) is 127 Å². The van der Waals surface area contributed by atoms with Crippen LogP contribution in [0.5, 0.6) is 0 Å². The molecule has 0 spiro atoms. The molecule has 4 aromatic carbocycles. The second-order valence-corrected chi connectivity index (χ2v) is 15.7. The number of rotatable bonds is 19. The molecule has 3 heterocycles. The molecule has 6 atom stereocenters. The van der Waals surface area contributed by atoms with Gasteiger partial charge in [0.15, 0.2) is 6.23 Å². The van der Waals surface area contributed by atoms with Crippen molar-refractivity contribution in [2.75, 3.05) is 13.2 Å². The molecule has 7 rings (SSSR count). The Hall–Kier alpha value is -5.77. The summed E-state index contributed by atoms with van der Waals surface area (Å²) < 4.78 is 35.2. The lowest BCUT2D eigenvalue weighted by Crippen LogP contribution is -2.79. The Morgan fingerprint density at radius 3 is 1.73 bits per heavy atom. The molecule has 14 nitrogen and oxygen atoms in total. The first kappa shape index (κ1) is 42.4. The number of aliphatic carboxylic acids is 1. The first-order valence-electron chi connectivity index (χ1n) is 20.0. The minimum absolute atomic E-state index is 0.0308. The largest absolute Gasteiger partial charge is 0.480 e. The topological polar surface area (TPSA) is 164 Å². The molecule has 0 saturated carbocycles. The summed E-state index contributed by atoms with van der Waals surface area (Å²) in [6.45, 7) is 5.39. The molecule has 0 unspecified atom stereocenters. The highest BCUT2D eigenvalue weighted by atomic mass is 16.6. The van der Waals surface area contributed by atoms with E-state index in [2.05, 4.69) is 15.6 Å². The molecule has 60 heavy (non-hydrogen) atoms. The molecule has 2 aliphatic rings. The van der Waals surface area contributed by atoms with Crippen LogP contribution in [0.1, 0.15) is 54.9 Å². The zero-order valence-electron chi connectivity index (χ0n) is 34.0. The number of β-lactam (4-membered cyclic amide) rings is 1. The van der Waals surface area contributed by atoms with E-state index in [0.29, 0.717) is 12.3 Å². The van der Waals surface area contributed by atoms with Crippen molar-refractivity contribution in [1.82, 2.24) is 25.2 Å². The van der Waals surface area contributed by atoms with Gasteiger partial charge in [0.1, 0.15) is 35.5 Å². The summed E-state index contributed by atoms with van der Waals surface area (Å²) in [6.07, 6.45) is -2.19. The third-order valence-electron chi connectivity index (χ3n) is 10.9. The highest BCUT2D eigenvalue weighted by molar-refractivity contribution is 6.00. The van der Waals surface area contributed by atoms with E-state index in [1.165, 1.54) is 25.7 Å². The first-order chi connectivity index (χ1) is 29.0. The monoisotopic (exact) mass is 817 g/mol. The van der Waals surface area contributed by atoms with E-state index >= 15 is 0 Å². The summed E-state index contributed by atoms with van der Waals surface area (Å²) in [7, 11) is 0. The van der Waals surface area contributed by atoms with Crippen LogP contribution in [-0.4, -0.2) is 91.4 Å². The van der Waals surface area contributed by atoms with Crippen molar-refractivity contribution in [3.63, 3.8) is 0 Å². The van der Waals surface area contributed by atoms with Gasteiger partial charge in [-0.3, -0.25) is 9.59 Å². The van der Waals surface area contributed by atoms with Gasteiger partial charge in [0.05, 0.1) is 51.5 Å². The summed E-state index contributed by atoms with van der Waals surface area (Å²) in [5, 5.41) is 21.6. The number of aromatic nitrogens is 3. The predicted molar refractivity (Wildman–Crippen MR) is 219 cm³/mol. The second-order valence-electron chi connectivity index (χ2n) is 15.7. The van der Waals surface area contributed by atoms with Crippen LogP contribution in [0, 0.1) is 0 Å². The van der Waals surface area contributed by atoms with Crippen LogP contribution in [0.25, 0.3) is 0 Å². The smallest absolute Gasteiger partial charge is 0.329 e. The molecular formula is C46H51N5O9. The van der Waals surface area contributed by atoms with E-state index in [4.69, 9.17) is 23.7 Å². The Kier molecular flexibility index (Phi) is 13.5. The van der Waals surface area contributed by atoms with E-state index in [0.717, 1.165) is 22.3 Å². The van der Waals surface area contributed by atoms with E-state index in [1.54, 1.807) is 10.9 Å². The lowest BCUT2D eigenvalue weighted by molar-refractivity contribution is -0.292. The number of likely N-dealkylation sites (tertiary alicyclic amines) is 1. The van der Waals surface area contributed by atoms with E-state index in [-0.39, 0.29) is 39.4 Å². The Bertz CT molecular complexity index is 2170. The third kappa shape index (κ3) is 9.97. The van der Waals surface area contributed by atoms with Crippen LogP contribution in [0.15, 0.2) is 128 Å². The Balaban J connectivity index is 1.23. The van der Waals surface area contributed by atoms with E-state index < -0.39 is 59.5 Å². The average molecular weight is 818 g/mol. The van der Waals surface area contributed by atoms with Crippen molar-refractivity contribution in [2.24, 2.45) is 0 Å². The van der Waals surface area contributed by atoms with Crippen LogP contribution >= 0.6 is 0 Å². The van der Waals surface area contributed by atoms with Crippen molar-refractivity contribution < 1.29 is 43.2 Å². The molecule has 314 valence electrons. The van der Waals surface area contributed by atoms with E-state index in [9.17, 15) is 19.5 Å². The molecule has 2 fully saturated rings. The second kappa shape index (κ2) is 19.1. The number of hydrogen-bond donors (Lipinski definition) is 2. The Morgan fingerprint density at radius 1 is 0.767 bits per heavy atom. The lowest BCUT2D eigenvalue weighted by Gasteiger charge is -2.53. The Labute approximate surface area is 349 Å². The number of carbonyl (C=O) groups excluding carboxylic acids is 2. The summed E-state index contributed by atoms with van der Waals surface area (Å²) in [5.74, 6) is -2.13. The number of carboxylic acid groups (broad SMARTS) is 1. The number of ether oxygens (including phenoxy) is 5. The SMILES string of the molecule is CC(=O)N[C@]1(Cc2cn([C@@H]3O[C@H](COCc4ccccc4)[C@@H](OCc4ccccc4)[C@H](OCc4ccccc4)[C@@H]3OCc3ccccc3)nn2)CN(C(C)(C)C(=O)O)C1=O. The highest BCUT2D eigenvalue weighted by Gasteiger charge is 2.59. The van der Waals surface area contributed by atoms with Gasteiger partial charge in [-0.2, -0.15) is 0 Å². The number of nitrogens with zero attached hydrogens (tertiary/aromatic N) is 4. The van der Waals surface area contributed by atoms with Crippen LogP contribution in [0.3, 0.4) is 0 Å². The van der Waals surface area contributed by atoms with Gasteiger partial charge >= 0.3 is 5.97 Å². The zero-order chi connectivity index (χ0) is 42.1. The number of carbonyl (C=O) groups is 3. The highest BCUT2D eigenvalue weighted by Crippen LogP contribution is 2.37. The van der Waals surface area contributed by atoms with Crippen LogP contribution < -0.4 is 5.32 Å². The molecule has 2 aliphatic heterocycles. The third-order valence-corrected chi connectivity index (χ3v) is 10.9. The normalized spacial score (nSPS) is 22.9. The number of nitrogens with one attached hydrogen (secondary N) is 1. The molecule has 2 amide bonds. The fourth-order valence-corrected chi connectivity index (χ4v) is 7.55. The van der Waals surface area contributed by atoms with E-state index in [1.807, 2.05) is 121 Å². The van der Waals surface area contributed by atoms with Gasteiger partial charge in [0.2, 0.25) is 5.91 Å². The van der Waals surface area contributed by atoms with Gasteiger partial charge in [-0.25, -0.2) is 9.48 Å². The molecule has 5 aromatic rings. The molecule has 0 aliphatic carbocycles. The van der Waals surface area contributed by atoms with Crippen molar-refractivity contribution in [1.29, 1.82) is 0 Å². The summed E-state index contributed by atoms with van der Waals surface area (Å²) >= 11 is 0. The van der Waals surface area contributed by atoms with Crippen LogP contribution in [0.4, 0.5) is 0 Å². The van der Waals surface area contributed by atoms with Crippen molar-refractivity contribution in [3.05, 3.63) is 155 Å². The standard InChI is InChI=1S/C46H51N5O9/c1-32(52)47-46(31-50(43(46)53)45(2,3)44(54)55)24-37-25-51(49-48-37)42-41(59-29-36-22-14-7-15-23-36)40(58-28-35-20-12-6-13-21-35)39(57-27-34-18-10-5-11-19-34)38(60-42)30-56-26-33-16-8-4-9-17-33/h4-23,25,38-42H,24,26-31H2,1-3H3,(H,47,52)(H,54,55)/t38-,39-,40+,41+,42-,46-/m1/s1. The molecule has 2 saturated heterocycles. The van der Waals surface area contributed by atoms with Crippen LogP contribution in [-0.2, 0) is 70.9 Å². The first-order valence-corrected chi connectivity index (χ1v) is 20.0. The summed E-state index contributed by atoms with van der Waals surface area (Å²) in [5.41, 5.74) is 1.33. The summed E-state index contributed by atoms with van der Waals surface area (Å²) in [4.78, 5) is 39.4. The number of hydrogen-bond acceptors (Lipinski definition) is 10. The number of amides is 2. The summed E-state index contributed by atoms with van der Waals surface area (Å²) in [6, 6.07) is 39.3. The predicted octanol–water partition coefficient (Wildman–Crippen LogP) is 5.27. The van der Waals surface area contributed by atoms with Gasteiger partial charge < -0.3 is 39.0 Å². The zero-order valence-corrected chi connectivity index (χ0v) is 34.0. The fraction of sp³-hybridized carbons (Fsp3) is 0.370. The van der Waals surface area contributed by atoms with Crippen molar-refractivity contribution in [3.8, 4) is 0 Å². The molecule has 14 heteroatoms. The maximum atomic E-state index is 13.7. The maximum absolute atomic E-state index is 13.7. The number of benzene rings is 4. The van der Waals surface area contributed by atoms with Gasteiger partial charge in [0.25, 0.3) is 5.91 Å². The minimum Gasteiger partial charge on any atom is -0.480 e.